The first-order chi connectivity index (χ1) is 18.1. The molecule has 0 unspecified atom stereocenters. The number of fused-ring (bicyclic) bond motifs is 2. The summed E-state index contributed by atoms with van der Waals surface area (Å²) in [5, 5.41) is 13.5. The van der Waals surface area contributed by atoms with Gasteiger partial charge in [0.25, 0.3) is 5.91 Å². The Hall–Kier alpha value is -4.29. The summed E-state index contributed by atoms with van der Waals surface area (Å²) in [6.45, 7) is 4.90. The molecule has 190 valence electrons. The minimum Gasteiger partial charge on any atom is -0.454 e. The summed E-state index contributed by atoms with van der Waals surface area (Å²) in [6.07, 6.45) is 4.23. The van der Waals surface area contributed by atoms with E-state index in [-0.39, 0.29) is 31.4 Å². The van der Waals surface area contributed by atoms with Crippen LogP contribution >= 0.6 is 0 Å². The van der Waals surface area contributed by atoms with E-state index in [2.05, 4.69) is 12.2 Å². The van der Waals surface area contributed by atoms with Gasteiger partial charge in [-0.3, -0.25) is 9.59 Å². The zero-order valence-corrected chi connectivity index (χ0v) is 20.7. The molecular formula is C28H28N4O5. The molecule has 0 spiro atoms. The molecule has 9 heteroatoms. The minimum absolute atomic E-state index is 0.0128. The number of carbonyl (C=O) groups excluding carboxylic acids is 2. The van der Waals surface area contributed by atoms with E-state index in [1.165, 1.54) is 0 Å². The maximum atomic E-state index is 13.0. The van der Waals surface area contributed by atoms with Crippen molar-refractivity contribution in [3.63, 3.8) is 0 Å². The molecule has 2 aliphatic heterocycles. The van der Waals surface area contributed by atoms with Crippen LogP contribution in [0.2, 0.25) is 0 Å². The molecular weight excluding hydrogens is 472 g/mol. The lowest BCUT2D eigenvalue weighted by molar-refractivity contribution is -0.135. The summed E-state index contributed by atoms with van der Waals surface area (Å²) in [5.41, 5.74) is 3.57. The van der Waals surface area contributed by atoms with Gasteiger partial charge in [-0.2, -0.15) is 5.26 Å². The number of aryl methyl sites for hydroxylation is 1. The van der Waals surface area contributed by atoms with Crippen LogP contribution in [-0.4, -0.2) is 54.4 Å². The molecule has 5 rings (SSSR count). The zero-order chi connectivity index (χ0) is 25.8. The molecule has 3 aromatic rings. The number of morpholine rings is 1. The van der Waals surface area contributed by atoms with Gasteiger partial charge in [-0.1, -0.05) is 31.2 Å². The number of carbonyl (C=O) groups is 2. The molecule has 0 saturated carbocycles. The third kappa shape index (κ3) is 5.15. The summed E-state index contributed by atoms with van der Waals surface area (Å²) in [5.74, 6) is 0.845. The first-order valence-corrected chi connectivity index (χ1v) is 12.3. The molecule has 9 nitrogen and oxygen atoms in total. The number of hydrogen-bond acceptors (Lipinski definition) is 6. The summed E-state index contributed by atoms with van der Waals surface area (Å²) in [6, 6.07) is 13.4. The van der Waals surface area contributed by atoms with Crippen molar-refractivity contribution in [3.05, 3.63) is 64.9 Å². The van der Waals surface area contributed by atoms with Crippen LogP contribution in [-0.2, 0) is 33.8 Å². The molecule has 3 heterocycles. The van der Waals surface area contributed by atoms with E-state index in [4.69, 9.17) is 14.2 Å². The van der Waals surface area contributed by atoms with E-state index >= 15 is 0 Å². The van der Waals surface area contributed by atoms with Crippen LogP contribution in [0.3, 0.4) is 0 Å². The van der Waals surface area contributed by atoms with Crippen LogP contribution in [0.25, 0.3) is 17.0 Å². The molecule has 1 N–H and O–H groups in total. The molecule has 2 aromatic carbocycles. The number of ether oxygens (including phenoxy) is 3. The quantitative estimate of drug-likeness (QED) is 0.395. The van der Waals surface area contributed by atoms with Crippen LogP contribution in [0, 0.1) is 11.3 Å². The summed E-state index contributed by atoms with van der Waals surface area (Å²) in [7, 11) is 0. The van der Waals surface area contributed by atoms with Gasteiger partial charge in [-0.05, 0) is 35.8 Å². The summed E-state index contributed by atoms with van der Waals surface area (Å²) in [4.78, 5) is 27.7. The second-order valence-corrected chi connectivity index (χ2v) is 8.91. The first-order valence-electron chi connectivity index (χ1n) is 12.3. The number of nitriles is 1. The van der Waals surface area contributed by atoms with Gasteiger partial charge >= 0.3 is 0 Å². The molecule has 0 aliphatic carbocycles. The number of benzene rings is 2. The van der Waals surface area contributed by atoms with Crippen molar-refractivity contribution in [2.24, 2.45) is 0 Å². The van der Waals surface area contributed by atoms with Crippen molar-refractivity contribution in [2.45, 2.75) is 26.4 Å². The number of amides is 2. The number of nitrogens with zero attached hydrogens (tertiary/aromatic N) is 3. The normalized spacial score (nSPS) is 15.0. The highest BCUT2D eigenvalue weighted by Gasteiger charge is 2.20. The van der Waals surface area contributed by atoms with E-state index < -0.39 is 5.91 Å². The Kier molecular flexibility index (Phi) is 7.10. The minimum atomic E-state index is -0.475. The van der Waals surface area contributed by atoms with E-state index in [0.717, 1.165) is 34.0 Å². The second kappa shape index (κ2) is 10.8. The van der Waals surface area contributed by atoms with Crippen molar-refractivity contribution in [1.82, 2.24) is 14.8 Å². The second-order valence-electron chi connectivity index (χ2n) is 8.91. The average Bonchev–Trinajstić information content (AvgIpc) is 3.55. The van der Waals surface area contributed by atoms with Crippen LogP contribution in [0.5, 0.6) is 11.5 Å². The fourth-order valence-electron chi connectivity index (χ4n) is 4.68. The van der Waals surface area contributed by atoms with E-state index in [1.807, 2.05) is 52.1 Å². The van der Waals surface area contributed by atoms with Crippen LogP contribution < -0.4 is 14.8 Å². The Bertz CT molecular complexity index is 1410. The smallest absolute Gasteiger partial charge is 0.262 e. The molecule has 1 saturated heterocycles. The number of rotatable bonds is 7. The largest absolute Gasteiger partial charge is 0.454 e. The monoisotopic (exact) mass is 500 g/mol. The lowest BCUT2D eigenvalue weighted by atomic mass is 10.1. The molecule has 0 bridgehead atoms. The van der Waals surface area contributed by atoms with Gasteiger partial charge < -0.3 is 29.0 Å². The zero-order valence-electron chi connectivity index (χ0n) is 20.7. The highest BCUT2D eigenvalue weighted by molar-refractivity contribution is 6.04. The van der Waals surface area contributed by atoms with Gasteiger partial charge in [-0.15, -0.1) is 0 Å². The molecule has 1 fully saturated rings. The molecule has 2 amide bonds. The van der Waals surface area contributed by atoms with E-state index in [9.17, 15) is 14.9 Å². The predicted molar refractivity (Wildman–Crippen MR) is 137 cm³/mol. The maximum Gasteiger partial charge on any atom is 0.262 e. The Morgan fingerprint density at radius 3 is 2.73 bits per heavy atom. The van der Waals surface area contributed by atoms with E-state index in [0.29, 0.717) is 37.8 Å². The van der Waals surface area contributed by atoms with Crippen LogP contribution in [0.15, 0.2) is 48.2 Å². The fourth-order valence-corrected chi connectivity index (χ4v) is 4.68. The van der Waals surface area contributed by atoms with Crippen LogP contribution in [0.1, 0.15) is 23.6 Å². The highest BCUT2D eigenvalue weighted by Crippen LogP contribution is 2.32. The third-order valence-corrected chi connectivity index (χ3v) is 6.62. The predicted octanol–water partition coefficient (Wildman–Crippen LogP) is 3.01. The molecule has 0 atom stereocenters. The molecule has 2 aliphatic rings. The van der Waals surface area contributed by atoms with Gasteiger partial charge in [0.1, 0.15) is 18.2 Å². The van der Waals surface area contributed by atoms with Gasteiger partial charge in [0, 0.05) is 36.8 Å². The van der Waals surface area contributed by atoms with Crippen molar-refractivity contribution in [2.75, 3.05) is 33.1 Å². The third-order valence-electron chi connectivity index (χ3n) is 6.62. The standard InChI is InChI=1S/C28H28N4O5/c1-2-20-4-3-5-23-22(16-32(27(20)23)17-26(33)31-8-10-35-11-9-31)13-21(14-29)28(34)30-15-19-6-7-24-25(12-19)37-18-36-24/h3-7,12-13,16H,2,8-11,15,17-18H2,1H3,(H,30,34)/b21-13+. The van der Waals surface area contributed by atoms with Gasteiger partial charge in [-0.25, -0.2) is 0 Å². The van der Waals surface area contributed by atoms with Gasteiger partial charge in [0.2, 0.25) is 12.7 Å². The number of nitrogens with one attached hydrogen (secondary N) is 1. The lowest BCUT2D eigenvalue weighted by Gasteiger charge is -2.27. The summed E-state index contributed by atoms with van der Waals surface area (Å²) >= 11 is 0. The lowest BCUT2D eigenvalue weighted by Crippen LogP contribution is -2.42. The topological polar surface area (TPSA) is 106 Å². The first kappa shape index (κ1) is 24.4. The van der Waals surface area contributed by atoms with Crippen molar-refractivity contribution >= 4 is 28.8 Å². The Morgan fingerprint density at radius 2 is 1.95 bits per heavy atom. The van der Waals surface area contributed by atoms with E-state index in [1.54, 1.807) is 12.1 Å². The van der Waals surface area contributed by atoms with Crippen molar-refractivity contribution in [3.8, 4) is 17.6 Å². The van der Waals surface area contributed by atoms with Crippen molar-refractivity contribution in [1.29, 1.82) is 5.26 Å². The fraction of sp³-hybridized carbons (Fsp3) is 0.321. The maximum absolute atomic E-state index is 13.0. The molecule has 37 heavy (non-hydrogen) atoms. The average molecular weight is 501 g/mol. The number of aromatic nitrogens is 1. The van der Waals surface area contributed by atoms with Gasteiger partial charge in [0.05, 0.1) is 18.7 Å². The summed E-state index contributed by atoms with van der Waals surface area (Å²) < 4.78 is 18.0. The Morgan fingerprint density at radius 1 is 1.14 bits per heavy atom. The highest BCUT2D eigenvalue weighted by atomic mass is 16.7. The van der Waals surface area contributed by atoms with Crippen molar-refractivity contribution < 1.29 is 23.8 Å². The Balaban J connectivity index is 1.39. The Labute approximate surface area is 214 Å². The SMILES string of the molecule is CCc1cccc2c(/C=C(\C#N)C(=O)NCc3ccc4c(c3)OCO4)cn(CC(=O)N3CCOCC3)c12. The molecule has 0 radical (unpaired) electrons. The van der Waals surface area contributed by atoms with Crippen LogP contribution in [0.4, 0.5) is 0 Å². The number of hydrogen-bond donors (Lipinski definition) is 1. The molecule has 1 aromatic heterocycles. The van der Waals surface area contributed by atoms with Gasteiger partial charge in [0.15, 0.2) is 11.5 Å². The number of para-hydroxylation sites is 1.